The Morgan fingerprint density at radius 3 is 2.67 bits per heavy atom. The summed E-state index contributed by atoms with van der Waals surface area (Å²) >= 11 is 0. The maximum atomic E-state index is 11.1. The summed E-state index contributed by atoms with van der Waals surface area (Å²) in [7, 11) is -3.01. The predicted octanol–water partition coefficient (Wildman–Crippen LogP) is 0.907. The standard InChI is InChI=1S/C12H17NO4S/c1-9(8-18(2,16)17)13-7-10-4-3-5-11(6-10)12(14)15/h3-6,9,13H,7-8H2,1-2H3,(H,14,15). The molecule has 0 fully saturated rings. The van der Waals surface area contributed by atoms with Crippen molar-refractivity contribution in [3.05, 3.63) is 35.4 Å². The summed E-state index contributed by atoms with van der Waals surface area (Å²) in [5.74, 6) is -0.910. The van der Waals surface area contributed by atoms with Crippen LogP contribution in [0.25, 0.3) is 0 Å². The van der Waals surface area contributed by atoms with Crippen LogP contribution in [0.2, 0.25) is 0 Å². The highest BCUT2D eigenvalue weighted by atomic mass is 32.2. The lowest BCUT2D eigenvalue weighted by Crippen LogP contribution is -2.32. The first-order valence-corrected chi connectivity index (χ1v) is 7.57. The molecule has 1 aromatic rings. The second-order valence-electron chi connectivity index (χ2n) is 4.38. The summed E-state index contributed by atoms with van der Waals surface area (Å²) in [6.45, 7) is 2.22. The number of nitrogens with one attached hydrogen (secondary N) is 1. The van der Waals surface area contributed by atoms with Gasteiger partial charge in [0.05, 0.1) is 11.3 Å². The molecule has 0 saturated heterocycles. The predicted molar refractivity (Wildman–Crippen MR) is 69.4 cm³/mol. The van der Waals surface area contributed by atoms with Crippen molar-refractivity contribution in [2.24, 2.45) is 0 Å². The van der Waals surface area contributed by atoms with E-state index in [0.29, 0.717) is 6.54 Å². The van der Waals surface area contributed by atoms with Crippen LogP contribution in [0.3, 0.4) is 0 Å². The smallest absolute Gasteiger partial charge is 0.335 e. The van der Waals surface area contributed by atoms with Gasteiger partial charge in [0.1, 0.15) is 9.84 Å². The van der Waals surface area contributed by atoms with Gasteiger partial charge in [-0.3, -0.25) is 0 Å². The van der Waals surface area contributed by atoms with Gasteiger partial charge in [0.15, 0.2) is 0 Å². The van der Waals surface area contributed by atoms with Crippen molar-refractivity contribution >= 4 is 15.8 Å². The number of rotatable bonds is 6. The molecule has 100 valence electrons. The first-order valence-electron chi connectivity index (χ1n) is 5.51. The fourth-order valence-corrected chi connectivity index (χ4v) is 2.65. The fourth-order valence-electron chi connectivity index (χ4n) is 1.62. The molecule has 0 aliphatic heterocycles. The Balaban J connectivity index is 2.58. The third-order valence-corrected chi connectivity index (χ3v) is 3.49. The Bertz CT molecular complexity index is 525. The number of hydrogen-bond donors (Lipinski definition) is 2. The van der Waals surface area contributed by atoms with Gasteiger partial charge in [-0.25, -0.2) is 13.2 Å². The molecule has 0 bridgehead atoms. The minimum atomic E-state index is -3.01. The van der Waals surface area contributed by atoms with E-state index in [1.54, 1.807) is 25.1 Å². The van der Waals surface area contributed by atoms with Gasteiger partial charge >= 0.3 is 5.97 Å². The molecule has 1 rings (SSSR count). The molecule has 5 nitrogen and oxygen atoms in total. The van der Waals surface area contributed by atoms with Crippen LogP contribution < -0.4 is 5.32 Å². The van der Waals surface area contributed by atoms with E-state index < -0.39 is 15.8 Å². The number of carbonyl (C=O) groups is 1. The van der Waals surface area contributed by atoms with Crippen LogP contribution in [0, 0.1) is 0 Å². The average molecular weight is 271 g/mol. The zero-order chi connectivity index (χ0) is 13.8. The highest BCUT2D eigenvalue weighted by Gasteiger charge is 2.10. The zero-order valence-corrected chi connectivity index (χ0v) is 11.2. The Hall–Kier alpha value is -1.40. The fraction of sp³-hybridized carbons (Fsp3) is 0.417. The summed E-state index contributed by atoms with van der Waals surface area (Å²) in [5, 5.41) is 11.9. The topological polar surface area (TPSA) is 83.5 Å². The largest absolute Gasteiger partial charge is 0.478 e. The van der Waals surface area contributed by atoms with Gasteiger partial charge in [-0.2, -0.15) is 0 Å². The second kappa shape index (κ2) is 5.97. The molecule has 0 heterocycles. The number of hydrogen-bond acceptors (Lipinski definition) is 4. The lowest BCUT2D eigenvalue weighted by molar-refractivity contribution is 0.0696. The SMILES string of the molecule is CC(CS(C)(=O)=O)NCc1cccc(C(=O)O)c1. The molecule has 1 unspecified atom stereocenters. The molecule has 1 atom stereocenters. The highest BCUT2D eigenvalue weighted by Crippen LogP contribution is 2.05. The molecular formula is C12H17NO4S. The summed E-state index contributed by atoms with van der Waals surface area (Å²) in [4.78, 5) is 10.8. The van der Waals surface area contributed by atoms with E-state index >= 15 is 0 Å². The number of sulfone groups is 1. The first kappa shape index (κ1) is 14.7. The molecule has 0 spiro atoms. The van der Waals surface area contributed by atoms with E-state index in [9.17, 15) is 13.2 Å². The Kier molecular flexibility index (Phi) is 4.86. The van der Waals surface area contributed by atoms with Crippen molar-refractivity contribution in [2.75, 3.05) is 12.0 Å². The van der Waals surface area contributed by atoms with Gasteiger partial charge in [-0.15, -0.1) is 0 Å². The molecule has 0 radical (unpaired) electrons. The molecular weight excluding hydrogens is 254 g/mol. The monoisotopic (exact) mass is 271 g/mol. The lowest BCUT2D eigenvalue weighted by atomic mass is 10.1. The highest BCUT2D eigenvalue weighted by molar-refractivity contribution is 7.90. The molecule has 1 aromatic carbocycles. The number of carboxylic acids is 1. The van der Waals surface area contributed by atoms with Crippen LogP contribution >= 0.6 is 0 Å². The average Bonchev–Trinajstić information content (AvgIpc) is 2.24. The molecule has 2 N–H and O–H groups in total. The summed E-state index contributed by atoms with van der Waals surface area (Å²) in [5.41, 5.74) is 1.04. The van der Waals surface area contributed by atoms with Crippen molar-refractivity contribution in [3.63, 3.8) is 0 Å². The third kappa shape index (κ3) is 5.29. The molecule has 0 aromatic heterocycles. The normalized spacial score (nSPS) is 13.2. The molecule has 0 saturated carbocycles. The molecule has 0 aliphatic rings. The van der Waals surface area contributed by atoms with E-state index in [-0.39, 0.29) is 17.4 Å². The summed E-state index contributed by atoms with van der Waals surface area (Å²) < 4.78 is 22.2. The van der Waals surface area contributed by atoms with E-state index in [2.05, 4.69) is 5.32 Å². The van der Waals surface area contributed by atoms with Crippen LogP contribution in [0.4, 0.5) is 0 Å². The number of benzene rings is 1. The summed E-state index contributed by atoms with van der Waals surface area (Å²) in [6, 6.07) is 6.39. The van der Waals surface area contributed by atoms with Gasteiger partial charge in [0.2, 0.25) is 0 Å². The van der Waals surface area contributed by atoms with Crippen LogP contribution in [0.15, 0.2) is 24.3 Å². The van der Waals surface area contributed by atoms with E-state index in [1.165, 1.54) is 12.3 Å². The van der Waals surface area contributed by atoms with Crippen molar-refractivity contribution in [3.8, 4) is 0 Å². The van der Waals surface area contributed by atoms with E-state index in [4.69, 9.17) is 5.11 Å². The van der Waals surface area contributed by atoms with Gasteiger partial charge in [-0.1, -0.05) is 12.1 Å². The van der Waals surface area contributed by atoms with E-state index in [1.807, 2.05) is 0 Å². The van der Waals surface area contributed by atoms with Crippen molar-refractivity contribution < 1.29 is 18.3 Å². The minimum Gasteiger partial charge on any atom is -0.478 e. The Morgan fingerprint density at radius 1 is 1.44 bits per heavy atom. The van der Waals surface area contributed by atoms with Crippen LogP contribution in [0.1, 0.15) is 22.8 Å². The van der Waals surface area contributed by atoms with Crippen LogP contribution in [0.5, 0.6) is 0 Å². The zero-order valence-electron chi connectivity index (χ0n) is 10.4. The minimum absolute atomic E-state index is 0.0611. The van der Waals surface area contributed by atoms with Gasteiger partial charge < -0.3 is 10.4 Å². The number of aromatic carboxylic acids is 1. The Morgan fingerprint density at radius 2 is 2.11 bits per heavy atom. The maximum Gasteiger partial charge on any atom is 0.335 e. The Labute approximate surface area is 107 Å². The third-order valence-electron chi connectivity index (χ3n) is 2.38. The van der Waals surface area contributed by atoms with Gasteiger partial charge in [0.25, 0.3) is 0 Å². The van der Waals surface area contributed by atoms with Crippen molar-refractivity contribution in [1.82, 2.24) is 5.32 Å². The first-order chi connectivity index (χ1) is 8.28. The second-order valence-corrected chi connectivity index (χ2v) is 6.56. The molecule has 18 heavy (non-hydrogen) atoms. The van der Waals surface area contributed by atoms with Crippen molar-refractivity contribution in [1.29, 1.82) is 0 Å². The lowest BCUT2D eigenvalue weighted by Gasteiger charge is -2.12. The van der Waals surface area contributed by atoms with E-state index in [0.717, 1.165) is 5.56 Å². The van der Waals surface area contributed by atoms with Crippen LogP contribution in [-0.2, 0) is 16.4 Å². The molecule has 0 aliphatic carbocycles. The quantitative estimate of drug-likeness (QED) is 0.803. The van der Waals surface area contributed by atoms with Gasteiger partial charge in [0, 0.05) is 18.8 Å². The summed E-state index contributed by atoms with van der Waals surface area (Å²) in [6.07, 6.45) is 1.19. The molecule has 0 amide bonds. The van der Waals surface area contributed by atoms with Gasteiger partial charge in [-0.05, 0) is 24.6 Å². The molecule has 6 heteroatoms. The van der Waals surface area contributed by atoms with Crippen LogP contribution in [-0.4, -0.2) is 37.5 Å². The van der Waals surface area contributed by atoms with Crippen molar-refractivity contribution in [2.45, 2.75) is 19.5 Å². The maximum absolute atomic E-state index is 11.1. The number of carboxylic acid groups (broad SMARTS) is 1.